The van der Waals surface area contributed by atoms with Crippen molar-refractivity contribution in [3.63, 3.8) is 0 Å². The largest absolute Gasteiger partial charge is 0.386 e. The molecule has 0 amide bonds. The molecular formula is C4H5Cl3N2. The molecule has 0 bridgehead atoms. The molecule has 0 radical (unpaired) electrons. The average molecular weight is 187 g/mol. The summed E-state index contributed by atoms with van der Waals surface area (Å²) in [6.07, 6.45) is 0. The number of rotatable bonds is 2. The highest BCUT2D eigenvalue weighted by atomic mass is 35.5. The van der Waals surface area contributed by atoms with E-state index in [0.717, 1.165) is 5.54 Å². The van der Waals surface area contributed by atoms with Crippen LogP contribution in [-0.4, -0.2) is 11.7 Å². The van der Waals surface area contributed by atoms with Crippen LogP contribution < -0.4 is 5.73 Å². The lowest BCUT2D eigenvalue weighted by Gasteiger charge is -1.89. The smallest absolute Gasteiger partial charge is 0.142 e. The zero-order chi connectivity index (χ0) is 7.28. The van der Waals surface area contributed by atoms with Crippen LogP contribution >= 0.6 is 34.8 Å². The summed E-state index contributed by atoms with van der Waals surface area (Å²) in [5.41, 5.74) is 6.30. The zero-order valence-electron chi connectivity index (χ0n) is 4.44. The Kier molecular flexibility index (Phi) is 4.96. The van der Waals surface area contributed by atoms with Crippen LogP contribution in [0.5, 0.6) is 0 Å². The maximum atomic E-state index is 5.34. The van der Waals surface area contributed by atoms with Gasteiger partial charge in [0.25, 0.3) is 0 Å². The summed E-state index contributed by atoms with van der Waals surface area (Å²) < 4.78 is 0. The first-order chi connectivity index (χ1) is 4.20. The first kappa shape index (κ1) is 9.08. The van der Waals surface area contributed by atoms with Gasteiger partial charge in [-0.1, -0.05) is 23.2 Å². The molecule has 0 aliphatic carbocycles. The normalized spacial score (nSPS) is 14.1. The summed E-state index contributed by atoms with van der Waals surface area (Å²) in [6.45, 7) is 0. The van der Waals surface area contributed by atoms with Crippen LogP contribution in [0.15, 0.2) is 15.7 Å². The van der Waals surface area contributed by atoms with Crippen LogP contribution in [0.25, 0.3) is 0 Å². The number of amidine groups is 1. The predicted octanol–water partition coefficient (Wildman–Crippen LogP) is 1.86. The van der Waals surface area contributed by atoms with Gasteiger partial charge in [0.2, 0.25) is 0 Å². The third kappa shape index (κ3) is 4.58. The second kappa shape index (κ2) is 4.91. The summed E-state index contributed by atoms with van der Waals surface area (Å²) in [5, 5.41) is 0.134. The van der Waals surface area contributed by atoms with Crippen molar-refractivity contribution in [2.75, 3.05) is 5.88 Å². The number of nitrogens with zero attached hydrogens (tertiary/aromatic N) is 1. The highest BCUT2D eigenvalue weighted by Crippen LogP contribution is 2.03. The van der Waals surface area contributed by atoms with Gasteiger partial charge in [0, 0.05) is 5.54 Å². The highest BCUT2D eigenvalue weighted by molar-refractivity contribution is 6.37. The van der Waals surface area contributed by atoms with Crippen LogP contribution in [0.3, 0.4) is 0 Å². The number of nitrogens with two attached hydrogens (primary N) is 1. The van der Waals surface area contributed by atoms with E-state index in [2.05, 4.69) is 4.99 Å². The molecule has 2 nitrogen and oxygen atoms in total. The number of alkyl halides is 1. The highest BCUT2D eigenvalue weighted by Gasteiger charge is 1.88. The summed E-state index contributed by atoms with van der Waals surface area (Å²) in [6, 6.07) is 0. The number of aliphatic imine (C=N–C) groups is 1. The number of hydrogen-bond acceptors (Lipinski definition) is 1. The Labute approximate surface area is 68.3 Å². The SMILES string of the molecule is N/C(CCl)=N/C(Cl)=C\Cl. The maximum absolute atomic E-state index is 5.34. The van der Waals surface area contributed by atoms with Crippen molar-refractivity contribution in [3.8, 4) is 0 Å². The van der Waals surface area contributed by atoms with Crippen molar-refractivity contribution in [1.29, 1.82) is 0 Å². The fraction of sp³-hybridized carbons (Fsp3) is 0.250. The van der Waals surface area contributed by atoms with E-state index in [-0.39, 0.29) is 16.9 Å². The van der Waals surface area contributed by atoms with E-state index in [4.69, 9.17) is 40.5 Å². The molecule has 5 heteroatoms. The molecule has 0 aromatic heterocycles. The minimum Gasteiger partial charge on any atom is -0.386 e. The second-order valence-electron chi connectivity index (χ2n) is 1.17. The molecule has 0 aliphatic rings. The van der Waals surface area contributed by atoms with Gasteiger partial charge < -0.3 is 5.73 Å². The third-order valence-corrected chi connectivity index (χ3v) is 1.26. The number of hydrogen-bond donors (Lipinski definition) is 1. The topological polar surface area (TPSA) is 38.4 Å². The van der Waals surface area contributed by atoms with E-state index in [0.29, 0.717) is 0 Å². The van der Waals surface area contributed by atoms with Crippen LogP contribution in [0.2, 0.25) is 0 Å². The summed E-state index contributed by atoms with van der Waals surface area (Å²) >= 11 is 15.8. The summed E-state index contributed by atoms with van der Waals surface area (Å²) in [7, 11) is 0. The van der Waals surface area contributed by atoms with Gasteiger partial charge in [0.05, 0.1) is 5.88 Å². The lowest BCUT2D eigenvalue weighted by Crippen LogP contribution is -2.12. The summed E-state index contributed by atoms with van der Waals surface area (Å²) in [4.78, 5) is 3.57. The van der Waals surface area contributed by atoms with Crippen molar-refractivity contribution < 1.29 is 0 Å². The Hall–Kier alpha value is 0.0800. The fourth-order valence-corrected chi connectivity index (χ4v) is 0.409. The van der Waals surface area contributed by atoms with E-state index < -0.39 is 0 Å². The van der Waals surface area contributed by atoms with Gasteiger partial charge >= 0.3 is 0 Å². The molecule has 2 N–H and O–H groups in total. The molecule has 0 aliphatic heterocycles. The Morgan fingerprint density at radius 1 is 1.67 bits per heavy atom. The Morgan fingerprint density at radius 3 is 2.56 bits per heavy atom. The molecule has 0 heterocycles. The molecular weight excluding hydrogens is 182 g/mol. The Bertz CT molecular complexity index is 141. The molecule has 52 valence electrons. The van der Waals surface area contributed by atoms with Crippen molar-refractivity contribution in [2.45, 2.75) is 0 Å². The fourth-order valence-electron chi connectivity index (χ4n) is 0.191. The molecule has 0 spiro atoms. The van der Waals surface area contributed by atoms with E-state index in [1.54, 1.807) is 0 Å². The Balaban J connectivity index is 3.95. The molecule has 0 aromatic carbocycles. The molecule has 0 unspecified atom stereocenters. The molecule has 9 heavy (non-hydrogen) atoms. The molecule has 0 aromatic rings. The summed E-state index contributed by atoms with van der Waals surface area (Å²) in [5.74, 6) is 0.402. The van der Waals surface area contributed by atoms with Gasteiger partial charge in [-0.15, -0.1) is 11.6 Å². The van der Waals surface area contributed by atoms with Gasteiger partial charge in [-0.3, -0.25) is 0 Å². The lowest BCUT2D eigenvalue weighted by atomic mass is 10.7. The van der Waals surface area contributed by atoms with Gasteiger partial charge in [0.1, 0.15) is 11.0 Å². The maximum Gasteiger partial charge on any atom is 0.142 e. The van der Waals surface area contributed by atoms with E-state index >= 15 is 0 Å². The third-order valence-electron chi connectivity index (χ3n) is 0.477. The lowest BCUT2D eigenvalue weighted by molar-refractivity contribution is 1.44. The van der Waals surface area contributed by atoms with Crippen molar-refractivity contribution in [3.05, 3.63) is 10.7 Å². The average Bonchev–Trinajstić information content (AvgIpc) is 1.87. The standard InChI is InChI=1S/C4H5Cl3N2/c5-1-3(7)9-4(8)2-6/h1H,2H2,(H2,8,9)/b3-1-. The minimum atomic E-state index is 0.134. The van der Waals surface area contributed by atoms with Gasteiger partial charge in [-0.05, 0) is 0 Å². The monoisotopic (exact) mass is 186 g/mol. The second-order valence-corrected chi connectivity index (χ2v) is 2.04. The Morgan fingerprint density at radius 2 is 2.22 bits per heavy atom. The molecule has 0 rings (SSSR count). The van der Waals surface area contributed by atoms with Crippen LogP contribution in [0.4, 0.5) is 0 Å². The molecule has 0 saturated carbocycles. The zero-order valence-corrected chi connectivity index (χ0v) is 6.71. The van der Waals surface area contributed by atoms with Gasteiger partial charge in [-0.2, -0.15) is 0 Å². The molecule has 0 fully saturated rings. The molecule has 0 saturated heterocycles. The van der Waals surface area contributed by atoms with Gasteiger partial charge in [-0.25, -0.2) is 4.99 Å². The first-order valence-electron chi connectivity index (χ1n) is 2.05. The van der Waals surface area contributed by atoms with E-state index in [1.165, 1.54) is 0 Å². The number of halogens is 3. The van der Waals surface area contributed by atoms with Crippen molar-refractivity contribution in [2.24, 2.45) is 10.7 Å². The van der Waals surface area contributed by atoms with Gasteiger partial charge in [0.15, 0.2) is 0 Å². The first-order valence-corrected chi connectivity index (χ1v) is 3.40. The van der Waals surface area contributed by atoms with Crippen molar-refractivity contribution in [1.82, 2.24) is 0 Å². The van der Waals surface area contributed by atoms with E-state index in [9.17, 15) is 0 Å². The van der Waals surface area contributed by atoms with Crippen LogP contribution in [0, 0.1) is 0 Å². The van der Waals surface area contributed by atoms with Crippen molar-refractivity contribution >= 4 is 40.6 Å². The predicted molar refractivity (Wildman–Crippen MR) is 42.1 cm³/mol. The van der Waals surface area contributed by atoms with Crippen LogP contribution in [-0.2, 0) is 0 Å². The molecule has 0 atom stereocenters. The quantitative estimate of drug-likeness (QED) is 0.305. The minimum absolute atomic E-state index is 0.134. The van der Waals surface area contributed by atoms with Crippen LogP contribution in [0.1, 0.15) is 0 Å². The van der Waals surface area contributed by atoms with E-state index in [1.807, 2.05) is 0 Å².